The minimum absolute atomic E-state index is 0.0480. The zero-order valence-electron chi connectivity index (χ0n) is 12.1. The highest BCUT2D eigenvalue weighted by Crippen LogP contribution is 2.32. The maximum atomic E-state index is 12.6. The zero-order chi connectivity index (χ0) is 15.7. The van der Waals surface area contributed by atoms with Gasteiger partial charge < -0.3 is 0 Å². The Morgan fingerprint density at radius 1 is 0.727 bits per heavy atom. The Balaban J connectivity index is 1.93. The van der Waals surface area contributed by atoms with E-state index in [0.29, 0.717) is 0 Å². The monoisotopic (exact) mass is 300 g/mol. The molecule has 0 aliphatic heterocycles. The van der Waals surface area contributed by atoms with Crippen LogP contribution in [0.15, 0.2) is 66.7 Å². The molecule has 0 nitrogen and oxygen atoms in total. The van der Waals surface area contributed by atoms with Crippen molar-refractivity contribution >= 4 is 10.8 Å². The average molecular weight is 300 g/mol. The molecule has 0 spiro atoms. The van der Waals surface area contributed by atoms with E-state index in [1.165, 1.54) is 0 Å². The van der Waals surface area contributed by atoms with Crippen LogP contribution in [-0.4, -0.2) is 0 Å². The first-order valence-corrected chi connectivity index (χ1v) is 7.11. The van der Waals surface area contributed by atoms with Gasteiger partial charge in [0.15, 0.2) is 0 Å². The molecule has 3 heteroatoms. The molecule has 0 fully saturated rings. The third-order valence-electron chi connectivity index (χ3n) is 4.01. The normalized spacial score (nSPS) is 13.3. The number of hydrogen-bond donors (Lipinski definition) is 0. The topological polar surface area (TPSA) is 0 Å². The molecule has 0 saturated carbocycles. The van der Waals surface area contributed by atoms with Gasteiger partial charge in [-0.1, -0.05) is 61.5 Å². The number of fused-ring (bicyclic) bond motifs is 1. The lowest BCUT2D eigenvalue weighted by molar-refractivity contribution is -0.137. The molecule has 1 atom stereocenters. The van der Waals surface area contributed by atoms with E-state index in [9.17, 15) is 13.2 Å². The minimum atomic E-state index is -4.29. The Morgan fingerprint density at radius 3 is 1.95 bits per heavy atom. The molecule has 0 aromatic heterocycles. The third-order valence-corrected chi connectivity index (χ3v) is 4.01. The van der Waals surface area contributed by atoms with Crippen molar-refractivity contribution in [3.8, 4) is 0 Å². The van der Waals surface area contributed by atoms with E-state index in [0.717, 1.165) is 34.0 Å². The summed E-state index contributed by atoms with van der Waals surface area (Å²) in [6.45, 7) is 2.01. The molecule has 3 aromatic carbocycles. The molecule has 0 heterocycles. The van der Waals surface area contributed by atoms with Gasteiger partial charge in [-0.15, -0.1) is 0 Å². The molecule has 0 aliphatic carbocycles. The van der Waals surface area contributed by atoms with Gasteiger partial charge in [-0.05, 0) is 34.0 Å². The van der Waals surface area contributed by atoms with Gasteiger partial charge in [-0.2, -0.15) is 13.2 Å². The third kappa shape index (κ3) is 2.84. The first kappa shape index (κ1) is 14.6. The van der Waals surface area contributed by atoms with E-state index in [-0.39, 0.29) is 5.92 Å². The summed E-state index contributed by atoms with van der Waals surface area (Å²) in [7, 11) is 0. The molecular formula is C19H15F3. The Hall–Kier alpha value is -2.29. The standard InChI is InChI=1S/C19H15F3/c1-13(14-8-10-18(11-9-14)19(20,21)22)16-7-6-15-4-2-3-5-17(15)12-16/h2-13H,1H3/t13-/m0/s1. The highest BCUT2D eigenvalue weighted by Gasteiger charge is 2.30. The van der Waals surface area contributed by atoms with Gasteiger partial charge in [-0.25, -0.2) is 0 Å². The van der Waals surface area contributed by atoms with Crippen molar-refractivity contribution in [2.24, 2.45) is 0 Å². The summed E-state index contributed by atoms with van der Waals surface area (Å²) < 4.78 is 37.9. The number of rotatable bonds is 2. The van der Waals surface area contributed by atoms with Gasteiger partial charge in [0.2, 0.25) is 0 Å². The predicted octanol–water partition coefficient (Wildman–Crippen LogP) is 6.01. The van der Waals surface area contributed by atoms with Crippen LogP contribution in [0.25, 0.3) is 10.8 Å². The number of benzene rings is 3. The lowest BCUT2D eigenvalue weighted by Gasteiger charge is -2.15. The quantitative estimate of drug-likeness (QED) is 0.543. The van der Waals surface area contributed by atoms with E-state index in [1.807, 2.05) is 43.3 Å². The summed E-state index contributed by atoms with van der Waals surface area (Å²) in [6, 6.07) is 19.6. The SMILES string of the molecule is C[C@@H](c1ccc(C(F)(F)F)cc1)c1ccc2ccccc2c1. The summed E-state index contributed by atoms with van der Waals surface area (Å²) in [6.07, 6.45) is -4.29. The molecule has 0 saturated heterocycles. The van der Waals surface area contributed by atoms with Crippen LogP contribution in [-0.2, 0) is 6.18 Å². The fraction of sp³-hybridized carbons (Fsp3) is 0.158. The Morgan fingerprint density at radius 2 is 1.32 bits per heavy atom. The fourth-order valence-corrected chi connectivity index (χ4v) is 2.63. The molecule has 0 radical (unpaired) electrons. The Labute approximate surface area is 127 Å². The summed E-state index contributed by atoms with van der Waals surface area (Å²) in [5.41, 5.74) is 1.36. The Kier molecular flexibility index (Phi) is 3.65. The van der Waals surface area contributed by atoms with E-state index < -0.39 is 11.7 Å². The fourth-order valence-electron chi connectivity index (χ4n) is 2.63. The molecule has 0 aliphatic rings. The average Bonchev–Trinajstić information content (AvgIpc) is 2.53. The van der Waals surface area contributed by atoms with Crippen LogP contribution in [0.2, 0.25) is 0 Å². The molecule has 3 aromatic rings. The van der Waals surface area contributed by atoms with Crippen LogP contribution in [0.5, 0.6) is 0 Å². The van der Waals surface area contributed by atoms with Crippen LogP contribution < -0.4 is 0 Å². The number of halogens is 3. The van der Waals surface area contributed by atoms with Crippen molar-refractivity contribution in [1.82, 2.24) is 0 Å². The molecular weight excluding hydrogens is 285 g/mol. The van der Waals surface area contributed by atoms with E-state index >= 15 is 0 Å². The smallest absolute Gasteiger partial charge is 0.166 e. The first-order valence-electron chi connectivity index (χ1n) is 7.11. The molecule has 22 heavy (non-hydrogen) atoms. The maximum absolute atomic E-state index is 12.6. The van der Waals surface area contributed by atoms with Crippen LogP contribution in [0.4, 0.5) is 13.2 Å². The van der Waals surface area contributed by atoms with Crippen molar-refractivity contribution in [2.45, 2.75) is 19.0 Å². The van der Waals surface area contributed by atoms with Crippen LogP contribution in [0, 0.1) is 0 Å². The van der Waals surface area contributed by atoms with Gasteiger partial charge in [-0.3, -0.25) is 0 Å². The van der Waals surface area contributed by atoms with Crippen LogP contribution >= 0.6 is 0 Å². The highest BCUT2D eigenvalue weighted by molar-refractivity contribution is 5.83. The predicted molar refractivity (Wildman–Crippen MR) is 82.9 cm³/mol. The van der Waals surface area contributed by atoms with Crippen LogP contribution in [0.3, 0.4) is 0 Å². The minimum Gasteiger partial charge on any atom is -0.166 e. The van der Waals surface area contributed by atoms with E-state index in [2.05, 4.69) is 6.07 Å². The molecule has 112 valence electrons. The number of alkyl halides is 3. The van der Waals surface area contributed by atoms with Crippen molar-refractivity contribution in [3.63, 3.8) is 0 Å². The second-order valence-corrected chi connectivity index (χ2v) is 5.45. The second kappa shape index (κ2) is 5.48. The van der Waals surface area contributed by atoms with E-state index in [4.69, 9.17) is 0 Å². The highest BCUT2D eigenvalue weighted by atomic mass is 19.4. The van der Waals surface area contributed by atoms with Gasteiger partial charge in [0.1, 0.15) is 0 Å². The van der Waals surface area contributed by atoms with Crippen LogP contribution in [0.1, 0.15) is 29.5 Å². The molecule has 0 N–H and O–H groups in total. The summed E-state index contributed by atoms with van der Waals surface area (Å²) in [5, 5.41) is 2.30. The lowest BCUT2D eigenvalue weighted by atomic mass is 9.91. The van der Waals surface area contributed by atoms with Gasteiger partial charge in [0, 0.05) is 5.92 Å². The lowest BCUT2D eigenvalue weighted by Crippen LogP contribution is -2.05. The Bertz CT molecular complexity index is 786. The summed E-state index contributed by atoms with van der Waals surface area (Å²) >= 11 is 0. The van der Waals surface area contributed by atoms with Crippen molar-refractivity contribution in [1.29, 1.82) is 0 Å². The zero-order valence-corrected chi connectivity index (χ0v) is 12.1. The molecule has 3 rings (SSSR count). The summed E-state index contributed by atoms with van der Waals surface area (Å²) in [4.78, 5) is 0. The molecule has 0 amide bonds. The maximum Gasteiger partial charge on any atom is 0.416 e. The van der Waals surface area contributed by atoms with Gasteiger partial charge >= 0.3 is 6.18 Å². The van der Waals surface area contributed by atoms with E-state index in [1.54, 1.807) is 12.1 Å². The molecule has 0 unspecified atom stereocenters. The van der Waals surface area contributed by atoms with Crippen molar-refractivity contribution < 1.29 is 13.2 Å². The second-order valence-electron chi connectivity index (χ2n) is 5.45. The van der Waals surface area contributed by atoms with Crippen molar-refractivity contribution in [3.05, 3.63) is 83.4 Å². The number of hydrogen-bond acceptors (Lipinski definition) is 0. The van der Waals surface area contributed by atoms with Gasteiger partial charge in [0.25, 0.3) is 0 Å². The largest absolute Gasteiger partial charge is 0.416 e. The van der Waals surface area contributed by atoms with Gasteiger partial charge in [0.05, 0.1) is 5.56 Å². The van der Waals surface area contributed by atoms with Crippen molar-refractivity contribution in [2.75, 3.05) is 0 Å². The molecule has 0 bridgehead atoms. The first-order chi connectivity index (χ1) is 10.4. The summed E-state index contributed by atoms with van der Waals surface area (Å²) in [5.74, 6) is 0.0480.